The van der Waals surface area contributed by atoms with E-state index in [-0.39, 0.29) is 16.3 Å². The van der Waals surface area contributed by atoms with Gasteiger partial charge in [0, 0.05) is 13.1 Å². The molecule has 0 spiro atoms. The standard InChI is InChI=1S/C15H18N2O3S/c1-10-7-14(16)15(8-11(10)2)21(19,20)17(3)12-5-4-6-13(18)9-12/h4-9,18H,16H2,1-3H3. The lowest BCUT2D eigenvalue weighted by atomic mass is 10.1. The molecule has 0 fully saturated rings. The number of phenols is 1. The lowest BCUT2D eigenvalue weighted by Gasteiger charge is -2.21. The first kappa shape index (κ1) is 15.2. The molecule has 0 aromatic heterocycles. The molecule has 0 radical (unpaired) electrons. The van der Waals surface area contributed by atoms with E-state index in [9.17, 15) is 13.5 Å². The first-order chi connectivity index (χ1) is 9.73. The number of sulfonamides is 1. The van der Waals surface area contributed by atoms with Crippen LogP contribution in [0, 0.1) is 13.8 Å². The van der Waals surface area contributed by atoms with E-state index in [0.29, 0.717) is 5.69 Å². The van der Waals surface area contributed by atoms with Gasteiger partial charge in [0.25, 0.3) is 10.0 Å². The summed E-state index contributed by atoms with van der Waals surface area (Å²) in [5.41, 5.74) is 8.24. The normalized spacial score (nSPS) is 11.4. The number of benzene rings is 2. The number of hydrogen-bond acceptors (Lipinski definition) is 4. The van der Waals surface area contributed by atoms with Crippen molar-refractivity contribution >= 4 is 21.4 Å². The molecule has 3 N–H and O–H groups in total. The van der Waals surface area contributed by atoms with Gasteiger partial charge in [0.15, 0.2) is 0 Å². The quantitative estimate of drug-likeness (QED) is 0.853. The smallest absolute Gasteiger partial charge is 0.266 e. The molecule has 0 saturated heterocycles. The molecule has 0 amide bonds. The van der Waals surface area contributed by atoms with Gasteiger partial charge in [-0.05, 0) is 49.2 Å². The highest BCUT2D eigenvalue weighted by Crippen LogP contribution is 2.29. The maximum Gasteiger partial charge on any atom is 0.266 e. The van der Waals surface area contributed by atoms with Crippen LogP contribution in [0.4, 0.5) is 11.4 Å². The molecule has 2 aromatic carbocycles. The van der Waals surface area contributed by atoms with Gasteiger partial charge in [-0.1, -0.05) is 6.07 Å². The summed E-state index contributed by atoms with van der Waals surface area (Å²) >= 11 is 0. The van der Waals surface area contributed by atoms with Gasteiger partial charge in [-0.25, -0.2) is 8.42 Å². The van der Waals surface area contributed by atoms with Crippen molar-refractivity contribution in [2.75, 3.05) is 17.1 Å². The van der Waals surface area contributed by atoms with E-state index in [1.165, 1.54) is 19.2 Å². The Hall–Kier alpha value is -2.21. The summed E-state index contributed by atoms with van der Waals surface area (Å²) < 4.78 is 26.5. The molecule has 5 nitrogen and oxygen atoms in total. The molecular weight excluding hydrogens is 288 g/mol. The van der Waals surface area contributed by atoms with E-state index in [2.05, 4.69) is 0 Å². The van der Waals surface area contributed by atoms with Crippen LogP contribution < -0.4 is 10.0 Å². The molecule has 0 saturated carbocycles. The van der Waals surface area contributed by atoms with Crippen molar-refractivity contribution in [3.63, 3.8) is 0 Å². The van der Waals surface area contributed by atoms with Crippen LogP contribution in [0.15, 0.2) is 41.3 Å². The zero-order valence-corrected chi connectivity index (χ0v) is 13.0. The Labute approximate surface area is 124 Å². The maximum absolute atomic E-state index is 12.7. The van der Waals surface area contributed by atoms with Crippen LogP contribution in [0.25, 0.3) is 0 Å². The van der Waals surface area contributed by atoms with Crippen LogP contribution in [0.5, 0.6) is 5.75 Å². The van der Waals surface area contributed by atoms with Gasteiger partial charge in [-0.2, -0.15) is 0 Å². The van der Waals surface area contributed by atoms with Crippen molar-refractivity contribution in [3.8, 4) is 5.75 Å². The first-order valence-corrected chi connectivity index (χ1v) is 7.82. The average molecular weight is 306 g/mol. The molecule has 0 heterocycles. The van der Waals surface area contributed by atoms with Crippen molar-refractivity contribution in [3.05, 3.63) is 47.5 Å². The number of rotatable bonds is 3. The predicted molar refractivity (Wildman–Crippen MR) is 84.0 cm³/mol. The van der Waals surface area contributed by atoms with Crippen LogP contribution in [0.2, 0.25) is 0 Å². The highest BCUT2D eigenvalue weighted by Gasteiger charge is 2.24. The van der Waals surface area contributed by atoms with Gasteiger partial charge in [-0.15, -0.1) is 0 Å². The summed E-state index contributed by atoms with van der Waals surface area (Å²) in [5.74, 6) is 0.00242. The van der Waals surface area contributed by atoms with Gasteiger partial charge >= 0.3 is 0 Å². The van der Waals surface area contributed by atoms with Crippen LogP contribution >= 0.6 is 0 Å². The van der Waals surface area contributed by atoms with E-state index < -0.39 is 10.0 Å². The van der Waals surface area contributed by atoms with Crippen molar-refractivity contribution in [2.24, 2.45) is 0 Å². The number of anilines is 2. The second-order valence-electron chi connectivity index (χ2n) is 4.97. The lowest BCUT2D eigenvalue weighted by Crippen LogP contribution is -2.27. The zero-order valence-electron chi connectivity index (χ0n) is 12.2. The topological polar surface area (TPSA) is 83.6 Å². The van der Waals surface area contributed by atoms with Crippen molar-refractivity contribution in [2.45, 2.75) is 18.7 Å². The number of phenolic OH excluding ortho intramolecular Hbond substituents is 1. The fraction of sp³-hybridized carbons (Fsp3) is 0.200. The Balaban J connectivity index is 2.54. The SMILES string of the molecule is Cc1cc(N)c(S(=O)(=O)N(C)c2cccc(O)c2)cc1C. The van der Waals surface area contributed by atoms with Crippen molar-refractivity contribution in [1.82, 2.24) is 0 Å². The van der Waals surface area contributed by atoms with Gasteiger partial charge in [-0.3, -0.25) is 4.31 Å². The minimum absolute atomic E-state index is 0.00242. The zero-order chi connectivity index (χ0) is 15.8. The highest BCUT2D eigenvalue weighted by molar-refractivity contribution is 7.93. The molecule has 0 aliphatic carbocycles. The summed E-state index contributed by atoms with van der Waals surface area (Å²) in [5, 5.41) is 9.49. The van der Waals surface area contributed by atoms with Crippen molar-refractivity contribution in [1.29, 1.82) is 0 Å². The molecule has 6 heteroatoms. The average Bonchev–Trinajstić information content (AvgIpc) is 2.41. The Bertz CT molecular complexity index is 786. The summed E-state index contributed by atoms with van der Waals surface area (Å²) in [4.78, 5) is 0.0662. The third kappa shape index (κ3) is 2.80. The fourth-order valence-electron chi connectivity index (χ4n) is 2.01. The third-order valence-corrected chi connectivity index (χ3v) is 5.30. The largest absolute Gasteiger partial charge is 0.508 e. The molecule has 112 valence electrons. The number of aryl methyl sites for hydroxylation is 2. The van der Waals surface area contributed by atoms with Crippen LogP contribution in [-0.4, -0.2) is 20.6 Å². The minimum Gasteiger partial charge on any atom is -0.508 e. The third-order valence-electron chi connectivity index (χ3n) is 3.46. The van der Waals surface area contributed by atoms with E-state index in [0.717, 1.165) is 15.4 Å². The molecule has 0 bridgehead atoms. The van der Waals surface area contributed by atoms with Crippen LogP contribution in [0.3, 0.4) is 0 Å². The Morgan fingerprint density at radius 2 is 1.71 bits per heavy atom. The second kappa shape index (κ2) is 5.29. The molecule has 2 rings (SSSR count). The Morgan fingerprint density at radius 3 is 2.33 bits per heavy atom. The summed E-state index contributed by atoms with van der Waals surface area (Å²) in [6, 6.07) is 9.27. The fourth-order valence-corrected chi connectivity index (χ4v) is 3.38. The van der Waals surface area contributed by atoms with E-state index in [1.54, 1.807) is 24.3 Å². The van der Waals surface area contributed by atoms with Gasteiger partial charge in [0.05, 0.1) is 11.4 Å². The molecule has 0 aliphatic heterocycles. The van der Waals surface area contributed by atoms with E-state index in [1.807, 2.05) is 13.8 Å². The van der Waals surface area contributed by atoms with Crippen LogP contribution in [0.1, 0.15) is 11.1 Å². The second-order valence-corrected chi connectivity index (χ2v) is 6.90. The molecule has 0 aliphatic rings. The van der Waals surface area contributed by atoms with Gasteiger partial charge in [0.1, 0.15) is 10.6 Å². The van der Waals surface area contributed by atoms with Crippen molar-refractivity contribution < 1.29 is 13.5 Å². The minimum atomic E-state index is -3.78. The summed E-state index contributed by atoms with van der Waals surface area (Å²) in [7, 11) is -2.35. The number of nitrogens with two attached hydrogens (primary N) is 1. The predicted octanol–water partition coefficient (Wildman–Crippen LogP) is 2.42. The van der Waals surface area contributed by atoms with E-state index in [4.69, 9.17) is 5.73 Å². The van der Waals surface area contributed by atoms with Gasteiger partial charge < -0.3 is 10.8 Å². The van der Waals surface area contributed by atoms with Gasteiger partial charge in [0.2, 0.25) is 0 Å². The number of nitrogen functional groups attached to an aromatic ring is 1. The van der Waals surface area contributed by atoms with Crippen LogP contribution in [-0.2, 0) is 10.0 Å². The molecule has 0 unspecified atom stereocenters. The number of aromatic hydroxyl groups is 1. The lowest BCUT2D eigenvalue weighted by molar-refractivity contribution is 0.475. The number of nitrogens with zero attached hydrogens (tertiary/aromatic N) is 1. The summed E-state index contributed by atoms with van der Waals surface area (Å²) in [6.07, 6.45) is 0. The monoisotopic (exact) mass is 306 g/mol. The molecule has 21 heavy (non-hydrogen) atoms. The highest BCUT2D eigenvalue weighted by atomic mass is 32.2. The number of hydrogen-bond donors (Lipinski definition) is 2. The Kier molecular flexibility index (Phi) is 3.82. The first-order valence-electron chi connectivity index (χ1n) is 6.38. The molecular formula is C15H18N2O3S. The molecule has 2 aromatic rings. The Morgan fingerprint density at radius 1 is 1.10 bits per heavy atom. The van der Waals surface area contributed by atoms with E-state index >= 15 is 0 Å². The molecule has 0 atom stereocenters. The summed E-state index contributed by atoms with van der Waals surface area (Å²) in [6.45, 7) is 3.71. The maximum atomic E-state index is 12.7.